The molecule has 5 nitrogen and oxygen atoms in total. The summed E-state index contributed by atoms with van der Waals surface area (Å²) in [6.07, 6.45) is -0.895. The van der Waals surface area contributed by atoms with Crippen molar-refractivity contribution in [1.29, 1.82) is 0 Å². The molecule has 2 N–H and O–H groups in total. The number of aryl methyl sites for hydroxylation is 2. The minimum Gasteiger partial charge on any atom is -0.491 e. The highest BCUT2D eigenvalue weighted by Gasteiger charge is 2.17. The Hall–Kier alpha value is -2.99. The average Bonchev–Trinajstić information content (AvgIpc) is 2.66. The highest BCUT2D eigenvalue weighted by molar-refractivity contribution is 6.01. The maximum atomic E-state index is 12.9. The van der Waals surface area contributed by atoms with Crippen molar-refractivity contribution in [3.8, 4) is 5.75 Å². The van der Waals surface area contributed by atoms with Crippen LogP contribution in [0.25, 0.3) is 10.9 Å². The summed E-state index contributed by atoms with van der Waals surface area (Å²) in [5, 5.41) is 13.7. The van der Waals surface area contributed by atoms with Gasteiger partial charge in [-0.25, -0.2) is 4.39 Å². The number of para-hydroxylation sites is 1. The number of nitrogens with one attached hydrogen (secondary N) is 1. The number of aliphatic hydroxyl groups is 1. The standard InChI is InChI=1S/C21H21FN2O3/c1-13-18-5-3-4-6-19(18)24-14(2)20(13)21(26)23-11-16(25)12-27-17-9-7-15(22)8-10-17/h3-10,16,25H,11-12H2,1-2H3,(H,23,26)/t16-/m0/s1. The summed E-state index contributed by atoms with van der Waals surface area (Å²) in [5.74, 6) is -0.193. The van der Waals surface area contributed by atoms with Crippen molar-refractivity contribution >= 4 is 16.8 Å². The fourth-order valence-electron chi connectivity index (χ4n) is 2.95. The van der Waals surface area contributed by atoms with Crippen LogP contribution in [0, 0.1) is 19.7 Å². The lowest BCUT2D eigenvalue weighted by Gasteiger charge is -2.15. The number of benzene rings is 2. The van der Waals surface area contributed by atoms with E-state index >= 15 is 0 Å². The fraction of sp³-hybridized carbons (Fsp3) is 0.238. The number of carbonyl (C=O) groups is 1. The molecule has 0 aliphatic heterocycles. The van der Waals surface area contributed by atoms with Crippen LogP contribution in [-0.2, 0) is 0 Å². The summed E-state index contributed by atoms with van der Waals surface area (Å²) in [5.41, 5.74) is 2.85. The molecule has 0 saturated carbocycles. The molecule has 3 rings (SSSR count). The van der Waals surface area contributed by atoms with E-state index in [0.29, 0.717) is 17.0 Å². The molecule has 27 heavy (non-hydrogen) atoms. The number of halogens is 1. The summed E-state index contributed by atoms with van der Waals surface area (Å²) < 4.78 is 18.2. The maximum Gasteiger partial charge on any atom is 0.253 e. The Balaban J connectivity index is 1.62. The van der Waals surface area contributed by atoms with Crippen molar-refractivity contribution in [3.63, 3.8) is 0 Å². The van der Waals surface area contributed by atoms with Gasteiger partial charge in [0.05, 0.1) is 16.8 Å². The number of rotatable bonds is 6. The van der Waals surface area contributed by atoms with Crippen LogP contribution in [0.15, 0.2) is 48.5 Å². The second-order valence-electron chi connectivity index (χ2n) is 6.34. The molecule has 6 heteroatoms. The van der Waals surface area contributed by atoms with Gasteiger partial charge in [-0.15, -0.1) is 0 Å². The summed E-state index contributed by atoms with van der Waals surface area (Å²) in [4.78, 5) is 17.1. The van der Waals surface area contributed by atoms with E-state index in [1.54, 1.807) is 6.92 Å². The number of hydrogen-bond donors (Lipinski definition) is 2. The van der Waals surface area contributed by atoms with Crippen molar-refractivity contribution in [3.05, 3.63) is 71.2 Å². The highest BCUT2D eigenvalue weighted by Crippen LogP contribution is 2.22. The lowest BCUT2D eigenvalue weighted by molar-refractivity contribution is 0.0842. The van der Waals surface area contributed by atoms with Crippen LogP contribution in [0.5, 0.6) is 5.75 Å². The normalized spacial score (nSPS) is 12.0. The molecule has 0 spiro atoms. The number of carbonyl (C=O) groups excluding carboxylic acids is 1. The molecule has 1 aromatic heterocycles. The Morgan fingerprint density at radius 2 is 1.89 bits per heavy atom. The van der Waals surface area contributed by atoms with E-state index in [1.807, 2.05) is 31.2 Å². The molecular formula is C21H21FN2O3. The molecular weight excluding hydrogens is 347 g/mol. The Labute approximate surface area is 156 Å². The molecule has 0 fully saturated rings. The van der Waals surface area contributed by atoms with E-state index in [9.17, 15) is 14.3 Å². The van der Waals surface area contributed by atoms with Gasteiger partial charge in [0.1, 0.15) is 24.3 Å². The molecule has 140 valence electrons. The molecule has 0 aliphatic rings. The van der Waals surface area contributed by atoms with E-state index in [0.717, 1.165) is 16.5 Å². The lowest BCUT2D eigenvalue weighted by atomic mass is 10.0. The van der Waals surface area contributed by atoms with Gasteiger partial charge in [0, 0.05) is 11.9 Å². The third-order valence-corrected chi connectivity index (χ3v) is 4.31. The first kappa shape index (κ1) is 18.8. The topological polar surface area (TPSA) is 71.5 Å². The zero-order valence-electron chi connectivity index (χ0n) is 15.2. The quantitative estimate of drug-likeness (QED) is 0.701. The highest BCUT2D eigenvalue weighted by atomic mass is 19.1. The third-order valence-electron chi connectivity index (χ3n) is 4.31. The van der Waals surface area contributed by atoms with Gasteiger partial charge in [-0.1, -0.05) is 18.2 Å². The summed E-state index contributed by atoms with van der Waals surface area (Å²) in [6.45, 7) is 3.70. The number of nitrogens with zero attached hydrogens (tertiary/aromatic N) is 1. The van der Waals surface area contributed by atoms with Gasteiger partial charge >= 0.3 is 0 Å². The van der Waals surface area contributed by atoms with Gasteiger partial charge in [0.25, 0.3) is 5.91 Å². The summed E-state index contributed by atoms with van der Waals surface area (Å²) in [6, 6.07) is 13.2. The van der Waals surface area contributed by atoms with Crippen LogP contribution in [0.4, 0.5) is 4.39 Å². The molecule has 1 atom stereocenters. The van der Waals surface area contributed by atoms with Crippen LogP contribution < -0.4 is 10.1 Å². The molecule has 0 aliphatic carbocycles. The monoisotopic (exact) mass is 368 g/mol. The second kappa shape index (κ2) is 8.14. The van der Waals surface area contributed by atoms with E-state index in [2.05, 4.69) is 10.3 Å². The minimum atomic E-state index is -0.895. The molecule has 0 unspecified atom stereocenters. The molecule has 3 aromatic rings. The lowest BCUT2D eigenvalue weighted by Crippen LogP contribution is -2.36. The minimum absolute atomic E-state index is 0.0140. The Kier molecular flexibility index (Phi) is 5.66. The van der Waals surface area contributed by atoms with Crippen LogP contribution in [-0.4, -0.2) is 35.3 Å². The van der Waals surface area contributed by atoms with Crippen molar-refractivity contribution in [1.82, 2.24) is 10.3 Å². The van der Waals surface area contributed by atoms with Gasteiger partial charge in [-0.2, -0.15) is 0 Å². The predicted octanol–water partition coefficient (Wildman–Crippen LogP) is 3.16. The summed E-state index contributed by atoms with van der Waals surface area (Å²) >= 11 is 0. The van der Waals surface area contributed by atoms with Crippen LogP contribution >= 0.6 is 0 Å². The van der Waals surface area contributed by atoms with Crippen molar-refractivity contribution < 1.29 is 19.0 Å². The van der Waals surface area contributed by atoms with Gasteiger partial charge in [0.2, 0.25) is 0 Å². The van der Waals surface area contributed by atoms with Gasteiger partial charge in [-0.3, -0.25) is 9.78 Å². The number of aliphatic hydroxyl groups excluding tert-OH is 1. The Morgan fingerprint density at radius 1 is 1.19 bits per heavy atom. The first-order valence-corrected chi connectivity index (χ1v) is 8.66. The number of pyridine rings is 1. The number of fused-ring (bicyclic) bond motifs is 1. The molecule has 0 radical (unpaired) electrons. The smallest absolute Gasteiger partial charge is 0.253 e. The van der Waals surface area contributed by atoms with Crippen LogP contribution in [0.3, 0.4) is 0 Å². The molecule has 1 amide bonds. The van der Waals surface area contributed by atoms with E-state index in [1.165, 1.54) is 24.3 Å². The Bertz CT molecular complexity index is 958. The zero-order valence-corrected chi connectivity index (χ0v) is 15.2. The van der Waals surface area contributed by atoms with Gasteiger partial charge in [0.15, 0.2) is 0 Å². The van der Waals surface area contributed by atoms with Gasteiger partial charge < -0.3 is 15.2 Å². The van der Waals surface area contributed by atoms with E-state index in [-0.39, 0.29) is 24.9 Å². The van der Waals surface area contributed by atoms with E-state index < -0.39 is 6.10 Å². The fourth-order valence-corrected chi connectivity index (χ4v) is 2.95. The van der Waals surface area contributed by atoms with Crippen molar-refractivity contribution in [2.75, 3.05) is 13.2 Å². The molecule has 0 saturated heterocycles. The number of aromatic nitrogens is 1. The number of hydrogen-bond acceptors (Lipinski definition) is 4. The predicted molar refractivity (Wildman–Crippen MR) is 101 cm³/mol. The molecule has 1 heterocycles. The zero-order chi connectivity index (χ0) is 19.4. The van der Waals surface area contributed by atoms with Crippen molar-refractivity contribution in [2.45, 2.75) is 20.0 Å². The van der Waals surface area contributed by atoms with Gasteiger partial charge in [-0.05, 0) is 49.7 Å². The average molecular weight is 368 g/mol. The van der Waals surface area contributed by atoms with Crippen LogP contribution in [0.1, 0.15) is 21.6 Å². The SMILES string of the molecule is Cc1nc2ccccc2c(C)c1C(=O)NC[C@H](O)COc1ccc(F)cc1. The van der Waals surface area contributed by atoms with Crippen molar-refractivity contribution in [2.24, 2.45) is 0 Å². The van der Waals surface area contributed by atoms with E-state index in [4.69, 9.17) is 4.74 Å². The first-order valence-electron chi connectivity index (χ1n) is 8.66. The Morgan fingerprint density at radius 3 is 2.63 bits per heavy atom. The third kappa shape index (κ3) is 4.41. The number of ether oxygens (including phenoxy) is 1. The first-order chi connectivity index (χ1) is 13.0. The molecule has 2 aromatic carbocycles. The number of amides is 1. The maximum absolute atomic E-state index is 12.9. The molecule has 0 bridgehead atoms. The van der Waals surface area contributed by atoms with Crippen LogP contribution in [0.2, 0.25) is 0 Å². The second-order valence-corrected chi connectivity index (χ2v) is 6.34. The largest absolute Gasteiger partial charge is 0.491 e. The summed E-state index contributed by atoms with van der Waals surface area (Å²) in [7, 11) is 0.